The van der Waals surface area contributed by atoms with Crippen LogP contribution in [-0.2, 0) is 22.4 Å². The van der Waals surface area contributed by atoms with Crippen molar-refractivity contribution in [1.82, 2.24) is 9.97 Å². The van der Waals surface area contributed by atoms with E-state index in [0.29, 0.717) is 26.6 Å². The number of ether oxygens (including phenoxy) is 1. The van der Waals surface area contributed by atoms with Gasteiger partial charge in [-0.05, 0) is 74.2 Å². The number of benzene rings is 1. The zero-order valence-corrected chi connectivity index (χ0v) is 21.1. The molecular weight excluding hydrogens is 496 g/mol. The van der Waals surface area contributed by atoms with Gasteiger partial charge in [0, 0.05) is 11.0 Å². The average molecular weight is 519 g/mol. The molecule has 2 N–H and O–H groups in total. The average Bonchev–Trinajstić information content (AvgIpc) is 3.58. The van der Waals surface area contributed by atoms with E-state index < -0.39 is 11.9 Å². The second kappa shape index (κ2) is 10.4. The topological polar surface area (TPSA) is 121 Å². The number of hydrogen-bond acceptors (Lipinski definition) is 8. The number of aromatic nitrogens is 2. The summed E-state index contributed by atoms with van der Waals surface area (Å²) in [5, 5.41) is 14.1. The third-order valence-electron chi connectivity index (χ3n) is 5.70. The van der Waals surface area contributed by atoms with Crippen LogP contribution in [0.2, 0.25) is 0 Å². The number of aromatic amines is 1. The Labute approximate surface area is 215 Å². The van der Waals surface area contributed by atoms with Crippen molar-refractivity contribution in [2.75, 3.05) is 11.9 Å². The van der Waals surface area contributed by atoms with Crippen molar-refractivity contribution in [3.05, 3.63) is 63.7 Å². The summed E-state index contributed by atoms with van der Waals surface area (Å²) in [6.45, 7) is 1.99. The minimum atomic E-state index is -0.607. The molecule has 0 fully saturated rings. The third-order valence-corrected chi connectivity index (χ3v) is 7.71. The van der Waals surface area contributed by atoms with Gasteiger partial charge >= 0.3 is 5.97 Å². The summed E-state index contributed by atoms with van der Waals surface area (Å²) in [4.78, 5) is 34.4. The molecule has 10 heteroatoms. The van der Waals surface area contributed by atoms with Crippen LogP contribution in [0.1, 0.15) is 46.3 Å². The number of thiophene rings is 1. The monoisotopic (exact) mass is 518 g/mol. The number of nitrogens with one attached hydrogen (secondary N) is 2. The lowest BCUT2D eigenvalue weighted by Gasteiger charge is -2.12. The molecule has 0 radical (unpaired) electrons. The Morgan fingerprint density at radius 1 is 1.28 bits per heavy atom. The summed E-state index contributed by atoms with van der Waals surface area (Å²) >= 11 is 2.69. The first-order valence-electron chi connectivity index (χ1n) is 11.5. The maximum absolute atomic E-state index is 13.0. The maximum Gasteiger partial charge on any atom is 0.341 e. The number of fused-ring (bicyclic) bond motifs is 2. The van der Waals surface area contributed by atoms with Gasteiger partial charge in [0.15, 0.2) is 10.2 Å². The van der Waals surface area contributed by atoms with Crippen LogP contribution < -0.4 is 5.32 Å². The zero-order chi connectivity index (χ0) is 25.1. The standard InChI is InChI=1S/C26H22N4O4S2/c1-2-33-25(32)22-17-7-3-6-10-20(17)35-24(22)30-23(31)15(14-27)13-16-11-12-21(34-16)36-26-28-18-8-4-5-9-19(18)29-26/h4-5,8-9,11-13H,2-3,6-7,10H2,1H3,(H,28,29)(H,30,31)/b15-13+. The summed E-state index contributed by atoms with van der Waals surface area (Å²) in [5.74, 6) is -0.700. The minimum Gasteiger partial charge on any atom is -0.462 e. The van der Waals surface area contributed by atoms with Crippen LogP contribution in [-0.4, -0.2) is 28.5 Å². The van der Waals surface area contributed by atoms with Crippen molar-refractivity contribution in [3.8, 4) is 6.07 Å². The highest BCUT2D eigenvalue weighted by atomic mass is 32.2. The van der Waals surface area contributed by atoms with E-state index in [-0.39, 0.29) is 12.2 Å². The molecule has 0 atom stereocenters. The van der Waals surface area contributed by atoms with E-state index in [0.717, 1.165) is 47.2 Å². The second-order valence-electron chi connectivity index (χ2n) is 8.08. The summed E-state index contributed by atoms with van der Waals surface area (Å²) < 4.78 is 11.0. The van der Waals surface area contributed by atoms with Gasteiger partial charge < -0.3 is 19.5 Å². The third kappa shape index (κ3) is 4.94. The summed E-state index contributed by atoms with van der Waals surface area (Å²) in [5.41, 5.74) is 3.00. The smallest absolute Gasteiger partial charge is 0.341 e. The van der Waals surface area contributed by atoms with Gasteiger partial charge in [0.25, 0.3) is 5.91 Å². The number of H-pyrrole nitrogens is 1. The number of nitrogens with zero attached hydrogens (tertiary/aromatic N) is 2. The molecule has 0 saturated heterocycles. The molecule has 1 aromatic carbocycles. The van der Waals surface area contributed by atoms with Crippen LogP contribution in [0.15, 0.2) is 56.6 Å². The van der Waals surface area contributed by atoms with Crippen LogP contribution in [0.3, 0.4) is 0 Å². The molecule has 36 heavy (non-hydrogen) atoms. The van der Waals surface area contributed by atoms with E-state index in [4.69, 9.17) is 9.15 Å². The van der Waals surface area contributed by atoms with Gasteiger partial charge in [-0.25, -0.2) is 9.78 Å². The number of furan rings is 1. The van der Waals surface area contributed by atoms with Gasteiger partial charge in [0.05, 0.1) is 23.2 Å². The largest absolute Gasteiger partial charge is 0.462 e. The Bertz CT molecular complexity index is 1490. The number of nitriles is 1. The van der Waals surface area contributed by atoms with Gasteiger partial charge in [-0.3, -0.25) is 4.79 Å². The van der Waals surface area contributed by atoms with Gasteiger partial charge in [-0.1, -0.05) is 12.1 Å². The van der Waals surface area contributed by atoms with Gasteiger partial charge in [0.1, 0.15) is 22.4 Å². The highest BCUT2D eigenvalue weighted by molar-refractivity contribution is 7.99. The predicted octanol–water partition coefficient (Wildman–Crippen LogP) is 5.97. The molecule has 1 amide bonds. The fraction of sp³-hybridized carbons (Fsp3) is 0.231. The van der Waals surface area contributed by atoms with Crippen molar-refractivity contribution in [1.29, 1.82) is 5.26 Å². The first-order chi connectivity index (χ1) is 17.6. The Kier molecular flexibility index (Phi) is 6.93. The van der Waals surface area contributed by atoms with Crippen LogP contribution in [0.5, 0.6) is 0 Å². The SMILES string of the molecule is CCOC(=O)c1c(NC(=O)/C(C#N)=C/c2ccc(Sc3nc4ccccc4[nH]3)o2)sc2c1CCCC2. The Morgan fingerprint density at radius 2 is 2.11 bits per heavy atom. The lowest BCUT2D eigenvalue weighted by Crippen LogP contribution is -2.16. The molecule has 1 aliphatic rings. The fourth-order valence-electron chi connectivity index (χ4n) is 4.07. The Morgan fingerprint density at radius 3 is 2.92 bits per heavy atom. The Hall–Kier alpha value is -3.81. The van der Waals surface area contributed by atoms with Gasteiger partial charge in [-0.15, -0.1) is 11.3 Å². The minimum absolute atomic E-state index is 0.134. The lowest BCUT2D eigenvalue weighted by molar-refractivity contribution is -0.112. The number of hydrogen-bond donors (Lipinski definition) is 2. The molecule has 3 heterocycles. The van der Waals surface area contributed by atoms with Crippen LogP contribution in [0, 0.1) is 11.3 Å². The van der Waals surface area contributed by atoms with Crippen molar-refractivity contribution < 1.29 is 18.7 Å². The molecule has 0 aliphatic heterocycles. The number of carbonyl (C=O) groups is 2. The van der Waals surface area contributed by atoms with E-state index in [9.17, 15) is 14.9 Å². The number of amides is 1. The lowest BCUT2D eigenvalue weighted by atomic mass is 9.95. The highest BCUT2D eigenvalue weighted by Gasteiger charge is 2.28. The second-order valence-corrected chi connectivity index (χ2v) is 10.2. The maximum atomic E-state index is 13.0. The number of carbonyl (C=O) groups excluding carboxylic acids is 2. The quantitative estimate of drug-likeness (QED) is 0.176. The van der Waals surface area contributed by atoms with Crippen molar-refractivity contribution in [3.63, 3.8) is 0 Å². The van der Waals surface area contributed by atoms with E-state index in [1.807, 2.05) is 30.3 Å². The van der Waals surface area contributed by atoms with Crippen LogP contribution in [0.4, 0.5) is 5.00 Å². The molecule has 5 rings (SSSR count). The van der Waals surface area contributed by atoms with E-state index in [2.05, 4.69) is 15.3 Å². The predicted molar refractivity (Wildman–Crippen MR) is 138 cm³/mol. The molecule has 0 unspecified atom stereocenters. The zero-order valence-electron chi connectivity index (χ0n) is 19.4. The van der Waals surface area contributed by atoms with Crippen molar-refractivity contribution in [2.24, 2.45) is 0 Å². The number of anilines is 1. The first-order valence-corrected chi connectivity index (χ1v) is 13.2. The molecule has 1 aliphatic carbocycles. The summed E-state index contributed by atoms with van der Waals surface area (Å²) in [7, 11) is 0. The van der Waals surface area contributed by atoms with Gasteiger partial charge in [0.2, 0.25) is 0 Å². The first kappa shape index (κ1) is 23.9. The highest BCUT2D eigenvalue weighted by Crippen LogP contribution is 2.39. The van der Waals surface area contributed by atoms with E-state index in [1.165, 1.54) is 29.2 Å². The van der Waals surface area contributed by atoms with Crippen molar-refractivity contribution in [2.45, 2.75) is 42.9 Å². The normalized spacial score (nSPS) is 13.3. The van der Waals surface area contributed by atoms with Crippen LogP contribution in [0.25, 0.3) is 17.1 Å². The van der Waals surface area contributed by atoms with E-state index >= 15 is 0 Å². The molecular formula is C26H22N4O4S2. The number of imidazole rings is 1. The molecule has 0 spiro atoms. The van der Waals surface area contributed by atoms with Crippen molar-refractivity contribution >= 4 is 57.1 Å². The van der Waals surface area contributed by atoms with E-state index in [1.54, 1.807) is 19.1 Å². The summed E-state index contributed by atoms with van der Waals surface area (Å²) in [6, 6.07) is 13.1. The number of para-hydroxylation sites is 2. The summed E-state index contributed by atoms with van der Waals surface area (Å²) in [6.07, 6.45) is 5.05. The van der Waals surface area contributed by atoms with Crippen LogP contribution >= 0.6 is 23.1 Å². The Balaban J connectivity index is 1.34. The molecule has 0 saturated carbocycles. The molecule has 8 nitrogen and oxygen atoms in total. The molecule has 182 valence electrons. The number of aryl methyl sites for hydroxylation is 1. The fourth-order valence-corrected chi connectivity index (χ4v) is 6.12. The number of esters is 1. The number of rotatable bonds is 7. The molecule has 0 bridgehead atoms. The molecule has 4 aromatic rings. The van der Waals surface area contributed by atoms with Gasteiger partial charge in [-0.2, -0.15) is 5.26 Å². The molecule has 3 aromatic heterocycles.